The average molecular weight is 285 g/mol. The Morgan fingerprint density at radius 2 is 2.38 bits per heavy atom. The van der Waals surface area contributed by atoms with Gasteiger partial charge >= 0.3 is 0 Å². The van der Waals surface area contributed by atoms with Crippen molar-refractivity contribution in [1.82, 2.24) is 15.2 Å². The Morgan fingerprint density at radius 3 is 3.24 bits per heavy atom. The summed E-state index contributed by atoms with van der Waals surface area (Å²) < 4.78 is 5.45. The standard InChI is InChI=1S/C16H19N3O2/c1-10-9-21-15-5-14(17-6-13(10)15)16(20)18-12-4-11-2-3-19(7-11)8-12/h5-6,9,11-12H,2-4,7-8H2,1H3,(H,18,20). The highest BCUT2D eigenvalue weighted by atomic mass is 16.3. The van der Waals surface area contributed by atoms with Gasteiger partial charge in [-0.1, -0.05) is 0 Å². The molecule has 2 fully saturated rings. The van der Waals surface area contributed by atoms with Crippen LogP contribution in [0.4, 0.5) is 0 Å². The first-order valence-corrected chi connectivity index (χ1v) is 7.56. The normalized spacial score (nSPS) is 28.0. The molecule has 0 aliphatic carbocycles. The molecular weight excluding hydrogens is 266 g/mol. The van der Waals surface area contributed by atoms with Crippen molar-refractivity contribution in [2.24, 2.45) is 5.92 Å². The molecule has 0 saturated carbocycles. The zero-order valence-corrected chi connectivity index (χ0v) is 12.1. The zero-order valence-electron chi connectivity index (χ0n) is 12.1. The second-order valence-corrected chi connectivity index (χ2v) is 6.30. The summed E-state index contributed by atoms with van der Waals surface area (Å²) in [5.41, 5.74) is 2.20. The first-order chi connectivity index (χ1) is 10.2. The second-order valence-electron chi connectivity index (χ2n) is 6.30. The molecule has 2 saturated heterocycles. The lowest BCUT2D eigenvalue weighted by molar-refractivity contribution is 0.0904. The Hall–Kier alpha value is -1.88. The van der Waals surface area contributed by atoms with Crippen LogP contribution in [-0.4, -0.2) is 41.5 Å². The van der Waals surface area contributed by atoms with Gasteiger partial charge in [-0.25, -0.2) is 0 Å². The number of pyridine rings is 1. The van der Waals surface area contributed by atoms with Gasteiger partial charge in [0.2, 0.25) is 0 Å². The molecule has 2 aliphatic heterocycles. The molecule has 3 unspecified atom stereocenters. The molecule has 0 radical (unpaired) electrons. The van der Waals surface area contributed by atoms with E-state index >= 15 is 0 Å². The largest absolute Gasteiger partial charge is 0.464 e. The van der Waals surface area contributed by atoms with Crippen LogP contribution in [0.3, 0.4) is 0 Å². The molecular formula is C16H19N3O2. The van der Waals surface area contributed by atoms with Crippen LogP contribution in [0, 0.1) is 12.8 Å². The number of hydrogen-bond donors (Lipinski definition) is 1. The summed E-state index contributed by atoms with van der Waals surface area (Å²) in [5.74, 6) is 0.644. The number of nitrogens with zero attached hydrogens (tertiary/aromatic N) is 2. The Labute approximate surface area is 123 Å². The van der Waals surface area contributed by atoms with Gasteiger partial charge in [-0.05, 0) is 37.8 Å². The fourth-order valence-corrected chi connectivity index (χ4v) is 3.59. The van der Waals surface area contributed by atoms with Crippen LogP contribution < -0.4 is 5.32 Å². The Balaban J connectivity index is 1.50. The monoisotopic (exact) mass is 285 g/mol. The number of nitrogens with one attached hydrogen (secondary N) is 1. The van der Waals surface area contributed by atoms with Gasteiger partial charge in [-0.15, -0.1) is 0 Å². The van der Waals surface area contributed by atoms with Crippen molar-refractivity contribution in [3.8, 4) is 0 Å². The van der Waals surface area contributed by atoms with E-state index in [0.717, 1.165) is 35.4 Å². The van der Waals surface area contributed by atoms with Crippen LogP contribution in [0.1, 0.15) is 28.9 Å². The van der Waals surface area contributed by atoms with Gasteiger partial charge in [0.15, 0.2) is 0 Å². The second kappa shape index (κ2) is 4.84. The van der Waals surface area contributed by atoms with Crippen molar-refractivity contribution < 1.29 is 9.21 Å². The number of aryl methyl sites for hydroxylation is 1. The SMILES string of the molecule is Cc1coc2cc(C(=O)NC3CC4CCN(C4)C3)ncc12. The predicted octanol–water partition coefficient (Wildman–Crippen LogP) is 1.96. The molecule has 2 aliphatic rings. The molecule has 2 aromatic heterocycles. The topological polar surface area (TPSA) is 58.4 Å². The van der Waals surface area contributed by atoms with Crippen LogP contribution in [0.15, 0.2) is 22.9 Å². The highest BCUT2D eigenvalue weighted by molar-refractivity contribution is 5.95. The highest BCUT2D eigenvalue weighted by Crippen LogP contribution is 2.27. The fraction of sp³-hybridized carbons (Fsp3) is 0.500. The number of piperidine rings is 1. The van der Waals surface area contributed by atoms with Crippen LogP contribution in [0.25, 0.3) is 11.0 Å². The van der Waals surface area contributed by atoms with E-state index in [1.54, 1.807) is 18.5 Å². The Bertz CT molecular complexity index is 682. The molecule has 0 aromatic carbocycles. The van der Waals surface area contributed by atoms with Crippen molar-refractivity contribution in [3.63, 3.8) is 0 Å². The van der Waals surface area contributed by atoms with Gasteiger partial charge in [0.1, 0.15) is 11.3 Å². The van der Waals surface area contributed by atoms with Gasteiger partial charge in [0, 0.05) is 36.8 Å². The number of fused-ring (bicyclic) bond motifs is 3. The number of carbonyl (C=O) groups excluding carboxylic acids is 1. The third kappa shape index (κ3) is 2.31. The maximum Gasteiger partial charge on any atom is 0.270 e. The summed E-state index contributed by atoms with van der Waals surface area (Å²) in [4.78, 5) is 19.1. The predicted molar refractivity (Wildman–Crippen MR) is 79.2 cm³/mol. The minimum atomic E-state index is -0.0987. The molecule has 5 nitrogen and oxygen atoms in total. The molecule has 2 aromatic rings. The summed E-state index contributed by atoms with van der Waals surface area (Å²) in [7, 11) is 0. The summed E-state index contributed by atoms with van der Waals surface area (Å²) in [6, 6.07) is 1.98. The van der Waals surface area contributed by atoms with E-state index < -0.39 is 0 Å². The smallest absolute Gasteiger partial charge is 0.270 e. The van der Waals surface area contributed by atoms with E-state index in [4.69, 9.17) is 4.42 Å². The highest BCUT2D eigenvalue weighted by Gasteiger charge is 2.33. The maximum atomic E-state index is 12.4. The molecule has 0 spiro atoms. The molecule has 1 N–H and O–H groups in total. The molecule has 4 heterocycles. The summed E-state index contributed by atoms with van der Waals surface area (Å²) in [5, 5.41) is 4.09. The Kier molecular flexibility index (Phi) is 2.96. The zero-order chi connectivity index (χ0) is 14.4. The summed E-state index contributed by atoms with van der Waals surface area (Å²) in [6.07, 6.45) is 5.77. The number of aromatic nitrogens is 1. The average Bonchev–Trinajstić information content (AvgIpc) is 3.02. The third-order valence-corrected chi connectivity index (χ3v) is 4.69. The van der Waals surface area contributed by atoms with Gasteiger partial charge in [0.05, 0.1) is 6.26 Å². The lowest BCUT2D eigenvalue weighted by Crippen LogP contribution is -2.47. The van der Waals surface area contributed by atoms with Gasteiger partial charge in [-0.2, -0.15) is 0 Å². The van der Waals surface area contributed by atoms with E-state index in [-0.39, 0.29) is 11.9 Å². The van der Waals surface area contributed by atoms with Crippen LogP contribution in [0.5, 0.6) is 0 Å². The number of carbonyl (C=O) groups is 1. The lowest BCUT2D eigenvalue weighted by Gasteiger charge is -2.30. The minimum Gasteiger partial charge on any atom is -0.464 e. The summed E-state index contributed by atoms with van der Waals surface area (Å²) >= 11 is 0. The lowest BCUT2D eigenvalue weighted by atomic mass is 9.97. The van der Waals surface area contributed by atoms with E-state index in [9.17, 15) is 4.79 Å². The van der Waals surface area contributed by atoms with E-state index in [1.165, 1.54) is 19.5 Å². The molecule has 1 amide bonds. The Morgan fingerprint density at radius 1 is 1.48 bits per heavy atom. The maximum absolute atomic E-state index is 12.4. The van der Waals surface area contributed by atoms with E-state index in [2.05, 4.69) is 15.2 Å². The van der Waals surface area contributed by atoms with Gasteiger partial charge in [0.25, 0.3) is 5.91 Å². The van der Waals surface area contributed by atoms with Crippen molar-refractivity contribution in [3.05, 3.63) is 29.8 Å². The molecule has 3 atom stereocenters. The number of amides is 1. The van der Waals surface area contributed by atoms with Crippen molar-refractivity contribution >= 4 is 16.9 Å². The molecule has 5 heteroatoms. The molecule has 110 valence electrons. The molecule has 4 rings (SSSR count). The van der Waals surface area contributed by atoms with Crippen molar-refractivity contribution in [1.29, 1.82) is 0 Å². The van der Waals surface area contributed by atoms with E-state index in [1.807, 2.05) is 6.92 Å². The number of hydrogen-bond acceptors (Lipinski definition) is 4. The van der Waals surface area contributed by atoms with Crippen molar-refractivity contribution in [2.45, 2.75) is 25.8 Å². The van der Waals surface area contributed by atoms with Gasteiger partial charge < -0.3 is 14.6 Å². The minimum absolute atomic E-state index is 0.0987. The first-order valence-electron chi connectivity index (χ1n) is 7.56. The quantitative estimate of drug-likeness (QED) is 0.916. The van der Waals surface area contributed by atoms with Crippen LogP contribution in [0.2, 0.25) is 0 Å². The van der Waals surface area contributed by atoms with Crippen LogP contribution in [-0.2, 0) is 0 Å². The fourth-order valence-electron chi connectivity index (χ4n) is 3.59. The van der Waals surface area contributed by atoms with Crippen LogP contribution >= 0.6 is 0 Å². The molecule has 21 heavy (non-hydrogen) atoms. The van der Waals surface area contributed by atoms with Crippen molar-refractivity contribution in [2.75, 3.05) is 19.6 Å². The first kappa shape index (κ1) is 12.8. The molecule has 2 bridgehead atoms. The van der Waals surface area contributed by atoms with Gasteiger partial charge in [-0.3, -0.25) is 9.78 Å². The third-order valence-electron chi connectivity index (χ3n) is 4.69. The summed E-state index contributed by atoms with van der Waals surface area (Å²) in [6.45, 7) is 5.30. The number of furan rings is 1. The number of rotatable bonds is 2. The van der Waals surface area contributed by atoms with E-state index in [0.29, 0.717) is 5.69 Å².